The standard InChI is InChI=1S/C13H17NO5/c1-2-3-4-8-19-13(18)14-9-6-5-7-10(15)11(9)12(16)17/h5-7,15H,2-4,8H2,1H3,(H,14,18)(H,16,17). The van der Waals surface area contributed by atoms with Crippen LogP contribution >= 0.6 is 0 Å². The molecule has 0 aromatic heterocycles. The summed E-state index contributed by atoms with van der Waals surface area (Å²) in [5.41, 5.74) is -0.346. The summed E-state index contributed by atoms with van der Waals surface area (Å²) < 4.78 is 4.90. The molecule has 0 unspecified atom stereocenters. The van der Waals surface area contributed by atoms with E-state index in [1.807, 2.05) is 6.92 Å². The number of unbranched alkanes of at least 4 members (excludes halogenated alkanes) is 2. The molecule has 0 saturated carbocycles. The molecular weight excluding hydrogens is 250 g/mol. The second-order valence-electron chi connectivity index (χ2n) is 3.97. The fraction of sp³-hybridized carbons (Fsp3) is 0.385. The second kappa shape index (κ2) is 7.25. The highest BCUT2D eigenvalue weighted by Crippen LogP contribution is 2.25. The predicted octanol–water partition coefficient (Wildman–Crippen LogP) is 2.83. The van der Waals surface area contributed by atoms with Crippen LogP contribution in [0.2, 0.25) is 0 Å². The second-order valence-corrected chi connectivity index (χ2v) is 3.97. The Kier molecular flexibility index (Phi) is 5.66. The maximum Gasteiger partial charge on any atom is 0.411 e. The van der Waals surface area contributed by atoms with Gasteiger partial charge in [-0.15, -0.1) is 0 Å². The third-order valence-corrected chi connectivity index (χ3v) is 2.47. The van der Waals surface area contributed by atoms with Crippen LogP contribution in [0.25, 0.3) is 0 Å². The fourth-order valence-electron chi connectivity index (χ4n) is 1.53. The molecular formula is C13H17NO5. The van der Waals surface area contributed by atoms with E-state index in [0.29, 0.717) is 0 Å². The van der Waals surface area contributed by atoms with E-state index in [-0.39, 0.29) is 17.9 Å². The summed E-state index contributed by atoms with van der Waals surface area (Å²) in [6.07, 6.45) is 2.00. The van der Waals surface area contributed by atoms with Gasteiger partial charge in [-0.2, -0.15) is 0 Å². The van der Waals surface area contributed by atoms with Crippen molar-refractivity contribution in [2.75, 3.05) is 11.9 Å². The molecule has 0 aliphatic rings. The van der Waals surface area contributed by atoms with Gasteiger partial charge in [0, 0.05) is 0 Å². The van der Waals surface area contributed by atoms with E-state index in [2.05, 4.69) is 5.32 Å². The van der Waals surface area contributed by atoms with Crippen molar-refractivity contribution in [2.24, 2.45) is 0 Å². The molecule has 0 bridgehead atoms. The number of benzene rings is 1. The van der Waals surface area contributed by atoms with Crippen LogP contribution in [-0.4, -0.2) is 28.9 Å². The van der Waals surface area contributed by atoms with Gasteiger partial charge in [-0.1, -0.05) is 25.8 Å². The maximum atomic E-state index is 11.5. The summed E-state index contributed by atoms with van der Waals surface area (Å²) in [6.45, 7) is 2.31. The third-order valence-electron chi connectivity index (χ3n) is 2.47. The number of nitrogens with one attached hydrogen (secondary N) is 1. The van der Waals surface area contributed by atoms with E-state index in [1.54, 1.807) is 0 Å². The molecule has 1 amide bonds. The number of aromatic hydroxyl groups is 1. The van der Waals surface area contributed by atoms with E-state index < -0.39 is 17.8 Å². The fourth-order valence-corrected chi connectivity index (χ4v) is 1.53. The molecule has 0 radical (unpaired) electrons. The van der Waals surface area contributed by atoms with Crippen molar-refractivity contribution in [3.8, 4) is 5.75 Å². The van der Waals surface area contributed by atoms with Crippen molar-refractivity contribution in [3.63, 3.8) is 0 Å². The normalized spacial score (nSPS) is 9.95. The Balaban J connectivity index is 2.64. The average molecular weight is 267 g/mol. The molecule has 1 aromatic rings. The Morgan fingerprint density at radius 2 is 2.05 bits per heavy atom. The highest BCUT2D eigenvalue weighted by Gasteiger charge is 2.17. The maximum absolute atomic E-state index is 11.5. The summed E-state index contributed by atoms with van der Waals surface area (Å²) in [4.78, 5) is 22.4. The van der Waals surface area contributed by atoms with Gasteiger partial charge >= 0.3 is 12.1 Å². The molecule has 0 fully saturated rings. The van der Waals surface area contributed by atoms with E-state index in [0.717, 1.165) is 19.3 Å². The molecule has 3 N–H and O–H groups in total. The van der Waals surface area contributed by atoms with Crippen molar-refractivity contribution in [2.45, 2.75) is 26.2 Å². The summed E-state index contributed by atoms with van der Waals surface area (Å²) in [7, 11) is 0. The molecule has 1 aromatic carbocycles. The number of hydrogen-bond donors (Lipinski definition) is 3. The third kappa shape index (κ3) is 4.50. The van der Waals surface area contributed by atoms with Gasteiger partial charge in [-0.05, 0) is 18.6 Å². The first-order valence-corrected chi connectivity index (χ1v) is 6.05. The number of aromatic carboxylic acids is 1. The minimum atomic E-state index is -1.32. The summed E-state index contributed by atoms with van der Waals surface area (Å²) in [6, 6.07) is 4.06. The average Bonchev–Trinajstić information content (AvgIpc) is 2.34. The van der Waals surface area contributed by atoms with Crippen molar-refractivity contribution < 1.29 is 24.5 Å². The van der Waals surface area contributed by atoms with E-state index >= 15 is 0 Å². The molecule has 0 aliphatic heterocycles. The topological polar surface area (TPSA) is 95.9 Å². The van der Waals surface area contributed by atoms with Crippen molar-refractivity contribution >= 4 is 17.7 Å². The van der Waals surface area contributed by atoms with Crippen LogP contribution in [0, 0.1) is 0 Å². The lowest BCUT2D eigenvalue weighted by Gasteiger charge is -2.10. The lowest BCUT2D eigenvalue weighted by molar-refractivity contribution is 0.0695. The van der Waals surface area contributed by atoms with Crippen LogP contribution in [0.4, 0.5) is 10.5 Å². The quantitative estimate of drug-likeness (QED) is 0.689. The first kappa shape index (κ1) is 14.8. The van der Waals surface area contributed by atoms with E-state index in [1.165, 1.54) is 18.2 Å². The number of rotatable bonds is 6. The van der Waals surface area contributed by atoms with Gasteiger partial charge < -0.3 is 14.9 Å². The lowest BCUT2D eigenvalue weighted by Crippen LogP contribution is -2.16. The Morgan fingerprint density at radius 3 is 2.68 bits per heavy atom. The van der Waals surface area contributed by atoms with Crippen molar-refractivity contribution in [1.82, 2.24) is 0 Å². The predicted molar refractivity (Wildman–Crippen MR) is 69.6 cm³/mol. The number of carbonyl (C=O) groups excluding carboxylic acids is 1. The molecule has 19 heavy (non-hydrogen) atoms. The van der Waals surface area contributed by atoms with Crippen LogP contribution in [0.1, 0.15) is 36.5 Å². The van der Waals surface area contributed by atoms with Crippen LogP contribution in [0.5, 0.6) is 5.75 Å². The van der Waals surface area contributed by atoms with Crippen LogP contribution in [0.3, 0.4) is 0 Å². The zero-order chi connectivity index (χ0) is 14.3. The number of carboxylic acids is 1. The van der Waals surface area contributed by atoms with Crippen LogP contribution in [0.15, 0.2) is 18.2 Å². The summed E-state index contributed by atoms with van der Waals surface area (Å²) in [5, 5.41) is 20.7. The van der Waals surface area contributed by atoms with E-state index in [9.17, 15) is 14.7 Å². The monoisotopic (exact) mass is 267 g/mol. The zero-order valence-electron chi connectivity index (χ0n) is 10.7. The molecule has 0 heterocycles. The van der Waals surface area contributed by atoms with Gasteiger partial charge in [0.15, 0.2) is 0 Å². The zero-order valence-corrected chi connectivity index (χ0v) is 10.7. The van der Waals surface area contributed by atoms with Gasteiger partial charge in [0.25, 0.3) is 0 Å². The number of phenols is 1. The summed E-state index contributed by atoms with van der Waals surface area (Å²) >= 11 is 0. The first-order valence-electron chi connectivity index (χ1n) is 6.05. The van der Waals surface area contributed by atoms with E-state index in [4.69, 9.17) is 9.84 Å². The SMILES string of the molecule is CCCCCOC(=O)Nc1cccc(O)c1C(=O)O. The van der Waals surface area contributed by atoms with Crippen molar-refractivity contribution in [3.05, 3.63) is 23.8 Å². The molecule has 0 saturated heterocycles. The first-order chi connectivity index (χ1) is 9.06. The molecule has 6 heteroatoms. The number of carbonyl (C=O) groups is 2. The molecule has 1 rings (SSSR count). The molecule has 6 nitrogen and oxygen atoms in total. The van der Waals surface area contributed by atoms with Gasteiger partial charge in [0.05, 0.1) is 12.3 Å². The highest BCUT2D eigenvalue weighted by molar-refractivity contribution is 6.01. The lowest BCUT2D eigenvalue weighted by atomic mass is 10.1. The Morgan fingerprint density at radius 1 is 1.32 bits per heavy atom. The summed E-state index contributed by atoms with van der Waals surface area (Å²) in [5.74, 6) is -1.73. The number of carboxylic acid groups (broad SMARTS) is 1. The molecule has 0 atom stereocenters. The smallest absolute Gasteiger partial charge is 0.411 e. The van der Waals surface area contributed by atoms with Crippen molar-refractivity contribution in [1.29, 1.82) is 0 Å². The molecule has 104 valence electrons. The number of hydrogen-bond acceptors (Lipinski definition) is 4. The number of ether oxygens (including phenoxy) is 1. The largest absolute Gasteiger partial charge is 0.507 e. The Labute approximate surface area is 111 Å². The van der Waals surface area contributed by atoms with Crippen LogP contribution < -0.4 is 5.32 Å². The van der Waals surface area contributed by atoms with Gasteiger partial charge in [-0.3, -0.25) is 5.32 Å². The van der Waals surface area contributed by atoms with Gasteiger partial charge in [-0.25, -0.2) is 9.59 Å². The molecule has 0 spiro atoms. The number of amides is 1. The van der Waals surface area contributed by atoms with Gasteiger partial charge in [0.1, 0.15) is 11.3 Å². The highest BCUT2D eigenvalue weighted by atomic mass is 16.5. The molecule has 0 aliphatic carbocycles. The van der Waals surface area contributed by atoms with Gasteiger partial charge in [0.2, 0.25) is 0 Å². The van der Waals surface area contributed by atoms with Crippen LogP contribution in [-0.2, 0) is 4.74 Å². The number of anilines is 1. The minimum Gasteiger partial charge on any atom is -0.507 e. The Bertz CT molecular complexity index is 458. The Hall–Kier alpha value is -2.24. The minimum absolute atomic E-state index is 0.00740.